The number of carbonyl (C=O) groups is 1. The summed E-state index contributed by atoms with van der Waals surface area (Å²) in [5, 5.41) is 0. The summed E-state index contributed by atoms with van der Waals surface area (Å²) in [4.78, 5) is 18.0. The van der Waals surface area contributed by atoms with Gasteiger partial charge in [-0.15, -0.1) is 0 Å². The Kier molecular flexibility index (Phi) is 4.42. The van der Waals surface area contributed by atoms with Gasteiger partial charge in [0, 0.05) is 20.5 Å². The lowest BCUT2D eigenvalue weighted by atomic mass is 10.1. The van der Waals surface area contributed by atoms with Crippen LogP contribution in [0.2, 0.25) is 0 Å². The molecule has 1 amide bonds. The van der Waals surface area contributed by atoms with Gasteiger partial charge in [-0.3, -0.25) is 4.79 Å². The van der Waals surface area contributed by atoms with Gasteiger partial charge in [0.05, 0.1) is 17.6 Å². The van der Waals surface area contributed by atoms with E-state index in [2.05, 4.69) is 34.9 Å². The van der Waals surface area contributed by atoms with Gasteiger partial charge in [0.15, 0.2) is 0 Å². The van der Waals surface area contributed by atoms with E-state index in [4.69, 9.17) is 4.98 Å². The highest BCUT2D eigenvalue weighted by atomic mass is 16.2. The van der Waals surface area contributed by atoms with Crippen LogP contribution in [0.1, 0.15) is 18.3 Å². The van der Waals surface area contributed by atoms with Crippen LogP contribution < -0.4 is 0 Å². The number of hydrogen-bond acceptors (Lipinski definition) is 2. The second-order valence-electron chi connectivity index (χ2n) is 5.78. The van der Waals surface area contributed by atoms with Crippen LogP contribution >= 0.6 is 0 Å². The van der Waals surface area contributed by atoms with Crippen molar-refractivity contribution < 1.29 is 4.79 Å². The molecule has 0 saturated heterocycles. The summed E-state index contributed by atoms with van der Waals surface area (Å²) in [5.41, 5.74) is 3.40. The molecule has 0 saturated carbocycles. The number of benzene rings is 2. The maximum Gasteiger partial charge on any atom is 0.219 e. The van der Waals surface area contributed by atoms with Crippen LogP contribution in [0.3, 0.4) is 0 Å². The molecule has 1 aromatic heterocycles. The van der Waals surface area contributed by atoms with Crippen molar-refractivity contribution in [2.45, 2.75) is 26.4 Å². The molecular formula is C19H21N3O. The number of fused-ring (bicyclic) bond motifs is 1. The molecule has 0 radical (unpaired) electrons. The Labute approximate surface area is 136 Å². The number of hydrogen-bond donors (Lipinski definition) is 0. The first-order valence-corrected chi connectivity index (χ1v) is 7.85. The van der Waals surface area contributed by atoms with Gasteiger partial charge in [-0.05, 0) is 24.1 Å². The first-order chi connectivity index (χ1) is 11.1. The van der Waals surface area contributed by atoms with Gasteiger partial charge in [-0.25, -0.2) is 4.98 Å². The molecule has 0 unspecified atom stereocenters. The summed E-state index contributed by atoms with van der Waals surface area (Å²) in [7, 11) is 1.81. The van der Waals surface area contributed by atoms with Crippen LogP contribution in [0.25, 0.3) is 11.0 Å². The van der Waals surface area contributed by atoms with E-state index in [1.54, 1.807) is 11.8 Å². The molecule has 0 aliphatic carbocycles. The minimum Gasteiger partial charge on any atom is -0.339 e. The standard InChI is InChI=1S/C19H21N3O/c1-15(23)21(2)14-19-20-17-10-6-7-11-18(17)22(19)13-12-16-8-4-3-5-9-16/h3-11H,12-14H2,1-2H3. The Morgan fingerprint density at radius 2 is 1.78 bits per heavy atom. The van der Waals surface area contributed by atoms with Crippen molar-refractivity contribution in [1.29, 1.82) is 0 Å². The summed E-state index contributed by atoms with van der Waals surface area (Å²) in [5.74, 6) is 0.978. The molecule has 4 nitrogen and oxygen atoms in total. The molecular weight excluding hydrogens is 286 g/mol. The number of para-hydroxylation sites is 2. The molecule has 0 aliphatic heterocycles. The monoisotopic (exact) mass is 307 g/mol. The third-order valence-corrected chi connectivity index (χ3v) is 4.12. The molecule has 23 heavy (non-hydrogen) atoms. The zero-order chi connectivity index (χ0) is 16.2. The lowest BCUT2D eigenvalue weighted by Crippen LogP contribution is -2.25. The topological polar surface area (TPSA) is 38.1 Å². The van der Waals surface area contributed by atoms with Crippen molar-refractivity contribution in [2.75, 3.05) is 7.05 Å². The van der Waals surface area contributed by atoms with Crippen molar-refractivity contribution in [3.8, 4) is 0 Å². The quantitative estimate of drug-likeness (QED) is 0.725. The van der Waals surface area contributed by atoms with Gasteiger partial charge < -0.3 is 9.47 Å². The number of imidazole rings is 1. The molecule has 0 aliphatic rings. The molecule has 2 aromatic carbocycles. The van der Waals surface area contributed by atoms with Gasteiger partial charge in [0.1, 0.15) is 5.82 Å². The molecule has 0 atom stereocenters. The number of carbonyl (C=O) groups excluding carboxylic acids is 1. The summed E-state index contributed by atoms with van der Waals surface area (Å²) < 4.78 is 2.22. The second kappa shape index (κ2) is 6.65. The minimum absolute atomic E-state index is 0.0478. The Morgan fingerprint density at radius 1 is 1.09 bits per heavy atom. The zero-order valence-corrected chi connectivity index (χ0v) is 13.6. The maximum absolute atomic E-state index is 11.5. The van der Waals surface area contributed by atoms with Crippen molar-refractivity contribution in [3.05, 3.63) is 66.0 Å². The van der Waals surface area contributed by atoms with Gasteiger partial charge in [0.2, 0.25) is 5.91 Å². The van der Waals surface area contributed by atoms with Crippen LogP contribution in [-0.2, 0) is 24.3 Å². The van der Waals surface area contributed by atoms with Crippen molar-refractivity contribution in [2.24, 2.45) is 0 Å². The molecule has 0 spiro atoms. The fourth-order valence-corrected chi connectivity index (χ4v) is 2.70. The molecule has 1 heterocycles. The highest BCUT2D eigenvalue weighted by molar-refractivity contribution is 5.76. The van der Waals surface area contributed by atoms with Crippen LogP contribution in [0.15, 0.2) is 54.6 Å². The first kappa shape index (κ1) is 15.3. The van der Waals surface area contributed by atoms with E-state index >= 15 is 0 Å². The number of amides is 1. The van der Waals surface area contributed by atoms with Gasteiger partial charge in [-0.1, -0.05) is 42.5 Å². The normalized spacial score (nSPS) is 10.9. The fourth-order valence-electron chi connectivity index (χ4n) is 2.70. The number of aromatic nitrogens is 2. The Hall–Kier alpha value is -2.62. The largest absolute Gasteiger partial charge is 0.339 e. The zero-order valence-electron chi connectivity index (χ0n) is 13.6. The van der Waals surface area contributed by atoms with Crippen LogP contribution in [0.4, 0.5) is 0 Å². The van der Waals surface area contributed by atoms with Crippen molar-refractivity contribution in [1.82, 2.24) is 14.5 Å². The van der Waals surface area contributed by atoms with Gasteiger partial charge in [-0.2, -0.15) is 0 Å². The first-order valence-electron chi connectivity index (χ1n) is 7.85. The summed E-state index contributed by atoms with van der Waals surface area (Å²) in [6, 6.07) is 18.6. The third kappa shape index (κ3) is 3.42. The van der Waals surface area contributed by atoms with Gasteiger partial charge >= 0.3 is 0 Å². The van der Waals surface area contributed by atoms with E-state index in [0.717, 1.165) is 29.8 Å². The lowest BCUT2D eigenvalue weighted by molar-refractivity contribution is -0.128. The van der Waals surface area contributed by atoms with E-state index in [0.29, 0.717) is 6.54 Å². The van der Waals surface area contributed by atoms with Crippen molar-refractivity contribution >= 4 is 16.9 Å². The van der Waals surface area contributed by atoms with Crippen LogP contribution in [-0.4, -0.2) is 27.4 Å². The van der Waals surface area contributed by atoms with E-state index in [9.17, 15) is 4.79 Å². The van der Waals surface area contributed by atoms with E-state index in [-0.39, 0.29) is 5.91 Å². The van der Waals surface area contributed by atoms with Crippen molar-refractivity contribution in [3.63, 3.8) is 0 Å². The average molecular weight is 307 g/mol. The van der Waals surface area contributed by atoms with Gasteiger partial charge in [0.25, 0.3) is 0 Å². The Balaban J connectivity index is 1.91. The lowest BCUT2D eigenvalue weighted by Gasteiger charge is -2.16. The average Bonchev–Trinajstić information content (AvgIpc) is 2.91. The predicted molar refractivity (Wildman–Crippen MR) is 92.0 cm³/mol. The predicted octanol–water partition coefficient (Wildman–Crippen LogP) is 3.26. The smallest absolute Gasteiger partial charge is 0.219 e. The number of aryl methyl sites for hydroxylation is 2. The maximum atomic E-state index is 11.5. The Bertz CT molecular complexity index is 808. The fraction of sp³-hybridized carbons (Fsp3) is 0.263. The molecule has 3 aromatic rings. The second-order valence-corrected chi connectivity index (χ2v) is 5.78. The molecule has 118 valence electrons. The molecule has 0 bridgehead atoms. The van der Waals surface area contributed by atoms with E-state index < -0.39 is 0 Å². The third-order valence-electron chi connectivity index (χ3n) is 4.12. The number of rotatable bonds is 5. The van der Waals surface area contributed by atoms with Crippen LogP contribution in [0.5, 0.6) is 0 Å². The molecule has 0 fully saturated rings. The number of nitrogens with zero attached hydrogens (tertiary/aromatic N) is 3. The van der Waals surface area contributed by atoms with E-state index in [1.165, 1.54) is 5.56 Å². The molecule has 3 rings (SSSR count). The summed E-state index contributed by atoms with van der Waals surface area (Å²) in [6.07, 6.45) is 0.942. The highest BCUT2D eigenvalue weighted by Gasteiger charge is 2.13. The highest BCUT2D eigenvalue weighted by Crippen LogP contribution is 2.18. The molecule has 0 N–H and O–H groups in total. The summed E-state index contributed by atoms with van der Waals surface area (Å²) >= 11 is 0. The van der Waals surface area contributed by atoms with Crippen LogP contribution in [0, 0.1) is 0 Å². The van der Waals surface area contributed by atoms with E-state index in [1.807, 2.05) is 31.3 Å². The molecule has 4 heteroatoms. The SMILES string of the molecule is CC(=O)N(C)Cc1nc2ccccc2n1CCc1ccccc1. The minimum atomic E-state index is 0.0478. The summed E-state index contributed by atoms with van der Waals surface area (Å²) in [6.45, 7) is 2.96. The Morgan fingerprint density at radius 3 is 2.52 bits per heavy atom.